The molecule has 0 spiro atoms. The zero-order valence-corrected chi connectivity index (χ0v) is 19.5. The first kappa shape index (κ1) is 23.1. The number of benzene rings is 2. The summed E-state index contributed by atoms with van der Waals surface area (Å²) in [6.07, 6.45) is 2.17. The summed E-state index contributed by atoms with van der Waals surface area (Å²) in [7, 11) is 0. The largest absolute Gasteiger partial charge is 0.441 e. The Labute approximate surface area is 202 Å². The van der Waals surface area contributed by atoms with Crippen LogP contribution in [0.3, 0.4) is 0 Å². The third-order valence-corrected chi connectivity index (χ3v) is 5.98. The molecule has 0 bridgehead atoms. The molecule has 2 heterocycles. The lowest BCUT2D eigenvalue weighted by Crippen LogP contribution is -2.51. The maximum absolute atomic E-state index is 12.5. The molecule has 7 nitrogen and oxygen atoms in total. The van der Waals surface area contributed by atoms with Gasteiger partial charge >= 0.3 is 0 Å². The molecule has 1 fully saturated rings. The molecule has 0 aliphatic carbocycles. The quantitative estimate of drug-likeness (QED) is 0.544. The topological polar surface area (TPSA) is 78.7 Å². The van der Waals surface area contributed by atoms with Crippen LogP contribution in [0.15, 0.2) is 59.1 Å². The molecule has 9 heteroatoms. The third kappa shape index (κ3) is 6.27. The van der Waals surface area contributed by atoms with Gasteiger partial charge in [-0.3, -0.25) is 9.59 Å². The average Bonchev–Trinajstić information content (AvgIpc) is 3.31. The minimum atomic E-state index is -0.216. The maximum atomic E-state index is 12.5. The predicted octanol–water partition coefficient (Wildman–Crippen LogP) is 4.05. The van der Waals surface area contributed by atoms with Crippen LogP contribution >= 0.6 is 23.2 Å². The second-order valence-electron chi connectivity index (χ2n) is 7.75. The lowest BCUT2D eigenvalue weighted by atomic mass is 10.2. The second kappa shape index (κ2) is 10.7. The molecule has 4 rings (SSSR count). The van der Waals surface area contributed by atoms with E-state index in [0.717, 1.165) is 24.3 Å². The van der Waals surface area contributed by atoms with Crippen LogP contribution in [0.4, 0.5) is 5.69 Å². The van der Waals surface area contributed by atoms with E-state index in [1.54, 1.807) is 23.2 Å². The molecule has 33 heavy (non-hydrogen) atoms. The molecular formula is C24H24Cl2N4O3. The third-order valence-electron chi connectivity index (χ3n) is 5.49. The van der Waals surface area contributed by atoms with E-state index < -0.39 is 0 Å². The van der Waals surface area contributed by atoms with E-state index in [0.29, 0.717) is 41.2 Å². The zero-order chi connectivity index (χ0) is 23.2. The smallest absolute Gasteiger partial charge is 0.242 e. The van der Waals surface area contributed by atoms with E-state index in [9.17, 15) is 9.59 Å². The Morgan fingerprint density at radius 3 is 2.48 bits per heavy atom. The SMILES string of the molecule is O=C(CCc1ncc(-c2ccc(Cl)cc2)o1)NCC(=O)N1CCN(c2cccc(Cl)c2)CC1. The van der Waals surface area contributed by atoms with Crippen LogP contribution in [0.2, 0.25) is 10.0 Å². The van der Waals surface area contributed by atoms with Crippen molar-refractivity contribution < 1.29 is 14.0 Å². The molecule has 0 atom stereocenters. The van der Waals surface area contributed by atoms with Crippen molar-refractivity contribution >= 4 is 40.7 Å². The lowest BCUT2D eigenvalue weighted by molar-refractivity contribution is -0.133. The molecule has 172 valence electrons. The van der Waals surface area contributed by atoms with Crippen molar-refractivity contribution in [2.24, 2.45) is 0 Å². The van der Waals surface area contributed by atoms with Crippen molar-refractivity contribution in [2.75, 3.05) is 37.6 Å². The van der Waals surface area contributed by atoms with Gasteiger partial charge < -0.3 is 19.5 Å². The summed E-state index contributed by atoms with van der Waals surface area (Å²) in [5, 5.41) is 4.04. The van der Waals surface area contributed by atoms with Gasteiger partial charge in [-0.05, 0) is 42.5 Å². The molecule has 0 radical (unpaired) electrons. The van der Waals surface area contributed by atoms with Gasteiger partial charge in [0.1, 0.15) is 0 Å². The van der Waals surface area contributed by atoms with Crippen LogP contribution in [-0.2, 0) is 16.0 Å². The van der Waals surface area contributed by atoms with Crippen molar-refractivity contribution in [1.29, 1.82) is 0 Å². The number of carbonyl (C=O) groups is 2. The zero-order valence-electron chi connectivity index (χ0n) is 18.0. The van der Waals surface area contributed by atoms with Crippen molar-refractivity contribution in [1.82, 2.24) is 15.2 Å². The maximum Gasteiger partial charge on any atom is 0.242 e. The van der Waals surface area contributed by atoms with Crippen molar-refractivity contribution in [3.63, 3.8) is 0 Å². The molecule has 1 aliphatic rings. The molecule has 1 saturated heterocycles. The molecule has 0 saturated carbocycles. The number of rotatable bonds is 7. The molecule has 2 amide bonds. The second-order valence-corrected chi connectivity index (χ2v) is 8.62. The van der Waals surface area contributed by atoms with Gasteiger partial charge in [-0.2, -0.15) is 0 Å². The van der Waals surface area contributed by atoms with Gasteiger partial charge in [-0.1, -0.05) is 29.3 Å². The number of oxazole rings is 1. The molecule has 1 aromatic heterocycles. The Morgan fingerprint density at radius 2 is 1.76 bits per heavy atom. The molecule has 1 N–H and O–H groups in total. The number of hydrogen-bond donors (Lipinski definition) is 1. The fourth-order valence-electron chi connectivity index (χ4n) is 3.66. The molecule has 0 unspecified atom stereocenters. The minimum absolute atomic E-state index is 0.0163. The molecule has 2 aromatic carbocycles. The number of anilines is 1. The van der Waals surface area contributed by atoms with Crippen LogP contribution in [0.25, 0.3) is 11.3 Å². The van der Waals surface area contributed by atoms with E-state index in [1.807, 2.05) is 36.4 Å². The summed E-state index contributed by atoms with van der Waals surface area (Å²) in [6.45, 7) is 2.63. The molecule has 1 aliphatic heterocycles. The van der Waals surface area contributed by atoms with Gasteiger partial charge in [0.15, 0.2) is 11.7 Å². The van der Waals surface area contributed by atoms with Crippen LogP contribution in [0.5, 0.6) is 0 Å². The van der Waals surface area contributed by atoms with Crippen molar-refractivity contribution in [3.05, 3.63) is 70.7 Å². The summed E-state index contributed by atoms with van der Waals surface area (Å²) in [5.41, 5.74) is 1.91. The van der Waals surface area contributed by atoms with Gasteiger partial charge in [0.25, 0.3) is 0 Å². The van der Waals surface area contributed by atoms with Gasteiger partial charge in [-0.15, -0.1) is 0 Å². The van der Waals surface area contributed by atoms with E-state index >= 15 is 0 Å². The van der Waals surface area contributed by atoms with Crippen molar-refractivity contribution in [2.45, 2.75) is 12.8 Å². The number of piperazine rings is 1. The summed E-state index contributed by atoms with van der Waals surface area (Å²) >= 11 is 12.0. The number of aromatic nitrogens is 1. The Hall–Kier alpha value is -3.03. The summed E-state index contributed by atoms with van der Waals surface area (Å²) < 4.78 is 5.71. The van der Waals surface area contributed by atoms with Gasteiger partial charge in [0.05, 0.1) is 12.7 Å². The minimum Gasteiger partial charge on any atom is -0.441 e. The first-order valence-electron chi connectivity index (χ1n) is 10.7. The number of nitrogens with one attached hydrogen (secondary N) is 1. The highest BCUT2D eigenvalue weighted by atomic mass is 35.5. The summed E-state index contributed by atoms with van der Waals surface area (Å²) in [6, 6.07) is 14.9. The number of nitrogens with zero attached hydrogens (tertiary/aromatic N) is 3. The fraction of sp³-hybridized carbons (Fsp3) is 0.292. The van der Waals surface area contributed by atoms with E-state index in [2.05, 4.69) is 15.2 Å². The van der Waals surface area contributed by atoms with E-state index in [4.69, 9.17) is 27.6 Å². The van der Waals surface area contributed by atoms with Crippen LogP contribution < -0.4 is 10.2 Å². The van der Waals surface area contributed by atoms with Gasteiger partial charge in [-0.25, -0.2) is 4.98 Å². The molecular weight excluding hydrogens is 463 g/mol. The monoisotopic (exact) mass is 486 g/mol. The molecule has 3 aromatic rings. The summed E-state index contributed by atoms with van der Waals surface area (Å²) in [5.74, 6) is 0.787. The number of hydrogen-bond acceptors (Lipinski definition) is 5. The number of aryl methyl sites for hydroxylation is 1. The van der Waals surface area contributed by atoms with Crippen LogP contribution in [0, 0.1) is 0 Å². The van der Waals surface area contributed by atoms with E-state index in [1.165, 1.54) is 0 Å². The average molecular weight is 487 g/mol. The highest BCUT2D eigenvalue weighted by molar-refractivity contribution is 6.31. The highest BCUT2D eigenvalue weighted by Crippen LogP contribution is 2.23. The predicted molar refractivity (Wildman–Crippen MR) is 129 cm³/mol. The Bertz CT molecular complexity index is 1110. The van der Waals surface area contributed by atoms with Crippen LogP contribution in [0.1, 0.15) is 12.3 Å². The lowest BCUT2D eigenvalue weighted by Gasteiger charge is -2.36. The standard InChI is InChI=1S/C24H24Cl2N4O3/c25-18-6-4-17(5-7-18)21-15-28-23(33-21)9-8-22(31)27-16-24(32)30-12-10-29(11-13-30)20-3-1-2-19(26)14-20/h1-7,14-15H,8-13,16H2,(H,27,31). The first-order valence-corrected chi connectivity index (χ1v) is 11.5. The van der Waals surface area contributed by atoms with Crippen molar-refractivity contribution in [3.8, 4) is 11.3 Å². The fourth-order valence-corrected chi connectivity index (χ4v) is 3.97. The highest BCUT2D eigenvalue weighted by Gasteiger charge is 2.21. The Kier molecular flexibility index (Phi) is 7.52. The van der Waals surface area contributed by atoms with Crippen LogP contribution in [-0.4, -0.2) is 54.4 Å². The number of carbonyl (C=O) groups excluding carboxylic acids is 2. The Morgan fingerprint density at radius 1 is 1.00 bits per heavy atom. The Balaban J connectivity index is 1.18. The van der Waals surface area contributed by atoms with Gasteiger partial charge in [0, 0.05) is 60.3 Å². The van der Waals surface area contributed by atoms with E-state index in [-0.39, 0.29) is 24.8 Å². The number of halogens is 2. The number of amides is 2. The normalized spacial score (nSPS) is 13.8. The van der Waals surface area contributed by atoms with Gasteiger partial charge in [0.2, 0.25) is 11.8 Å². The summed E-state index contributed by atoms with van der Waals surface area (Å²) in [4.78, 5) is 32.9. The first-order chi connectivity index (χ1) is 16.0.